The number of anilines is 1. The highest BCUT2D eigenvalue weighted by Gasteiger charge is 2.29. The second-order valence-corrected chi connectivity index (χ2v) is 5.92. The van der Waals surface area contributed by atoms with E-state index in [1.165, 1.54) is 19.1 Å². The summed E-state index contributed by atoms with van der Waals surface area (Å²) in [5.74, 6) is -0.505. The van der Waals surface area contributed by atoms with Crippen molar-refractivity contribution in [3.05, 3.63) is 24.3 Å². The second-order valence-electron chi connectivity index (χ2n) is 3.65. The maximum Gasteiger partial charge on any atom is 0.238 e. The van der Waals surface area contributed by atoms with Crippen LogP contribution in [0.15, 0.2) is 29.2 Å². The number of hydrogen-bond donors (Lipinski definition) is 2. The van der Waals surface area contributed by atoms with Gasteiger partial charge in [0, 0.05) is 12.2 Å². The fourth-order valence-corrected chi connectivity index (χ4v) is 2.70. The average Bonchev–Trinajstić information content (AvgIpc) is 2.28. The van der Waals surface area contributed by atoms with Crippen LogP contribution >= 0.6 is 0 Å². The van der Waals surface area contributed by atoms with Gasteiger partial charge in [-0.1, -0.05) is 6.07 Å². The van der Waals surface area contributed by atoms with E-state index in [4.69, 9.17) is 5.73 Å². The number of amides is 1. The molecule has 0 fully saturated rings. The van der Waals surface area contributed by atoms with Crippen LogP contribution in [-0.4, -0.2) is 26.1 Å². The maximum absolute atomic E-state index is 12.1. The zero-order valence-corrected chi connectivity index (χ0v) is 10.6. The Morgan fingerprint density at radius 2 is 2.12 bits per heavy atom. The third kappa shape index (κ3) is 2.97. The molecule has 0 saturated carbocycles. The Labute approximate surface area is 101 Å². The normalized spacial score (nSPS) is 13.1. The van der Waals surface area contributed by atoms with Crippen LogP contribution < -0.4 is 11.1 Å². The molecule has 1 unspecified atom stereocenters. The summed E-state index contributed by atoms with van der Waals surface area (Å²) >= 11 is 0. The van der Waals surface area contributed by atoms with Gasteiger partial charge < -0.3 is 11.1 Å². The highest BCUT2D eigenvalue weighted by atomic mass is 32.2. The Balaban J connectivity index is 3.07. The van der Waals surface area contributed by atoms with E-state index in [1.807, 2.05) is 0 Å². The number of carbonyl (C=O) groups is 1. The molecule has 0 aromatic heterocycles. The summed E-state index contributed by atoms with van der Waals surface area (Å²) in [5, 5.41) is 1.37. The molecule has 0 bridgehead atoms. The lowest BCUT2D eigenvalue weighted by molar-refractivity contribution is -0.120. The number of carbonyl (C=O) groups excluding carboxylic acids is 1. The van der Waals surface area contributed by atoms with Crippen molar-refractivity contribution in [1.29, 1.82) is 0 Å². The number of nitrogens with one attached hydrogen (secondary N) is 1. The molecule has 1 rings (SSSR count). The first-order chi connectivity index (χ1) is 7.89. The Morgan fingerprint density at radius 1 is 1.47 bits per heavy atom. The van der Waals surface area contributed by atoms with E-state index in [1.54, 1.807) is 19.1 Å². The van der Waals surface area contributed by atoms with Crippen molar-refractivity contribution in [3.8, 4) is 0 Å². The van der Waals surface area contributed by atoms with Gasteiger partial charge in [0.2, 0.25) is 5.91 Å². The Kier molecular flexibility index (Phi) is 4.11. The Morgan fingerprint density at radius 3 is 2.65 bits per heavy atom. The summed E-state index contributed by atoms with van der Waals surface area (Å²) in [4.78, 5) is 11.6. The summed E-state index contributed by atoms with van der Waals surface area (Å²) in [7, 11) is -3.67. The van der Waals surface area contributed by atoms with Gasteiger partial charge in [-0.2, -0.15) is 0 Å². The van der Waals surface area contributed by atoms with E-state index < -0.39 is 21.0 Å². The fourth-order valence-electron chi connectivity index (χ4n) is 1.35. The van der Waals surface area contributed by atoms with Gasteiger partial charge in [-0.25, -0.2) is 8.42 Å². The molecule has 1 aromatic rings. The van der Waals surface area contributed by atoms with E-state index >= 15 is 0 Å². The molecular weight excluding hydrogens is 240 g/mol. The molecule has 0 heterocycles. The van der Waals surface area contributed by atoms with Crippen LogP contribution in [0.5, 0.6) is 0 Å². The Bertz CT molecular complexity index is 511. The number of nitrogens with two attached hydrogens (primary N) is 1. The maximum atomic E-state index is 12.1. The number of nitrogen functional groups attached to an aromatic ring is 1. The zero-order chi connectivity index (χ0) is 13.1. The van der Waals surface area contributed by atoms with E-state index in [9.17, 15) is 13.2 Å². The molecule has 1 amide bonds. The predicted molar refractivity (Wildman–Crippen MR) is 66.2 cm³/mol. The van der Waals surface area contributed by atoms with Crippen LogP contribution in [0, 0.1) is 0 Å². The molecule has 94 valence electrons. The fraction of sp³-hybridized carbons (Fsp3) is 0.364. The van der Waals surface area contributed by atoms with Crippen LogP contribution in [-0.2, 0) is 14.6 Å². The summed E-state index contributed by atoms with van der Waals surface area (Å²) in [6.45, 7) is 3.50. The minimum Gasteiger partial charge on any atom is -0.399 e. The molecule has 3 N–H and O–H groups in total. The van der Waals surface area contributed by atoms with E-state index in [-0.39, 0.29) is 4.90 Å². The third-order valence-corrected chi connectivity index (χ3v) is 4.43. The van der Waals surface area contributed by atoms with Gasteiger partial charge in [-0.05, 0) is 32.0 Å². The molecule has 0 aliphatic heterocycles. The smallest absolute Gasteiger partial charge is 0.238 e. The van der Waals surface area contributed by atoms with Crippen molar-refractivity contribution < 1.29 is 13.2 Å². The van der Waals surface area contributed by atoms with Crippen LogP contribution in [0.2, 0.25) is 0 Å². The van der Waals surface area contributed by atoms with E-state index in [0.717, 1.165) is 0 Å². The first-order valence-electron chi connectivity index (χ1n) is 5.26. The molecule has 0 saturated heterocycles. The van der Waals surface area contributed by atoms with Gasteiger partial charge in [0.05, 0.1) is 4.90 Å². The second kappa shape index (κ2) is 5.18. The number of hydrogen-bond acceptors (Lipinski definition) is 4. The molecule has 6 heteroatoms. The summed E-state index contributed by atoms with van der Waals surface area (Å²) in [5.41, 5.74) is 5.88. The van der Waals surface area contributed by atoms with Crippen molar-refractivity contribution in [2.24, 2.45) is 0 Å². The van der Waals surface area contributed by atoms with E-state index in [2.05, 4.69) is 5.32 Å². The van der Waals surface area contributed by atoms with Crippen LogP contribution in [0.4, 0.5) is 5.69 Å². The lowest BCUT2D eigenvalue weighted by Crippen LogP contribution is -2.37. The molecule has 1 aromatic carbocycles. The zero-order valence-electron chi connectivity index (χ0n) is 9.80. The highest BCUT2D eigenvalue weighted by Crippen LogP contribution is 2.18. The standard InChI is InChI=1S/C11H16N2O3S/c1-3-13-11(14)8(2)17(15,16)10-6-4-5-9(12)7-10/h4-8H,3,12H2,1-2H3,(H,13,14). The first-order valence-corrected chi connectivity index (χ1v) is 6.81. The molecule has 0 radical (unpaired) electrons. The number of sulfone groups is 1. The summed E-state index contributed by atoms with van der Waals surface area (Å²) in [6, 6.07) is 5.93. The molecule has 17 heavy (non-hydrogen) atoms. The van der Waals surface area contributed by atoms with Gasteiger partial charge in [-0.3, -0.25) is 4.79 Å². The van der Waals surface area contributed by atoms with Gasteiger partial charge in [0.25, 0.3) is 0 Å². The third-order valence-electron chi connectivity index (χ3n) is 2.37. The van der Waals surface area contributed by atoms with Crippen LogP contribution in [0.3, 0.4) is 0 Å². The summed E-state index contributed by atoms with van der Waals surface area (Å²) < 4.78 is 24.2. The minimum atomic E-state index is -3.67. The van der Waals surface area contributed by atoms with Crippen LogP contribution in [0.1, 0.15) is 13.8 Å². The van der Waals surface area contributed by atoms with Crippen LogP contribution in [0.25, 0.3) is 0 Å². The number of rotatable bonds is 4. The van der Waals surface area contributed by atoms with Crippen molar-refractivity contribution in [3.63, 3.8) is 0 Å². The monoisotopic (exact) mass is 256 g/mol. The lowest BCUT2D eigenvalue weighted by atomic mass is 10.3. The predicted octanol–water partition coefficient (Wildman–Crippen LogP) is 0.567. The number of benzene rings is 1. The average molecular weight is 256 g/mol. The SMILES string of the molecule is CCNC(=O)C(C)S(=O)(=O)c1cccc(N)c1. The minimum absolute atomic E-state index is 0.0660. The molecule has 5 nitrogen and oxygen atoms in total. The quantitative estimate of drug-likeness (QED) is 0.771. The highest BCUT2D eigenvalue weighted by molar-refractivity contribution is 7.92. The molecule has 0 aliphatic carbocycles. The largest absolute Gasteiger partial charge is 0.399 e. The molecular formula is C11H16N2O3S. The first kappa shape index (κ1) is 13.5. The molecule has 0 spiro atoms. The lowest BCUT2D eigenvalue weighted by Gasteiger charge is -2.12. The Hall–Kier alpha value is -1.56. The van der Waals surface area contributed by atoms with Crippen molar-refractivity contribution >= 4 is 21.4 Å². The van der Waals surface area contributed by atoms with Gasteiger partial charge in [0.1, 0.15) is 5.25 Å². The molecule has 0 aliphatic rings. The topological polar surface area (TPSA) is 89.3 Å². The van der Waals surface area contributed by atoms with Gasteiger partial charge in [0.15, 0.2) is 9.84 Å². The van der Waals surface area contributed by atoms with E-state index in [0.29, 0.717) is 12.2 Å². The van der Waals surface area contributed by atoms with Crippen molar-refractivity contribution in [1.82, 2.24) is 5.32 Å². The molecule has 1 atom stereocenters. The van der Waals surface area contributed by atoms with Crippen molar-refractivity contribution in [2.45, 2.75) is 24.0 Å². The summed E-state index contributed by atoms with van der Waals surface area (Å²) in [6.07, 6.45) is 0. The van der Waals surface area contributed by atoms with Gasteiger partial charge in [-0.15, -0.1) is 0 Å². The van der Waals surface area contributed by atoms with Crippen molar-refractivity contribution in [2.75, 3.05) is 12.3 Å². The van der Waals surface area contributed by atoms with Gasteiger partial charge >= 0.3 is 0 Å².